The normalized spacial score (nSPS) is 33.2. The van der Waals surface area contributed by atoms with E-state index in [1.54, 1.807) is 83.1 Å². The molecule has 0 aromatic heterocycles. The van der Waals surface area contributed by atoms with Gasteiger partial charge in [-0.3, -0.25) is 19.2 Å². The maximum atomic E-state index is 14.2. The van der Waals surface area contributed by atoms with Crippen molar-refractivity contribution < 1.29 is 53.7 Å². The molecule has 0 radical (unpaired) electrons. The van der Waals surface area contributed by atoms with Crippen LogP contribution >= 0.6 is 0 Å². The highest BCUT2D eigenvalue weighted by molar-refractivity contribution is 5.79. The summed E-state index contributed by atoms with van der Waals surface area (Å²) in [5.41, 5.74) is -7.04. The van der Waals surface area contributed by atoms with Crippen molar-refractivity contribution in [1.29, 1.82) is 0 Å². The van der Waals surface area contributed by atoms with Crippen LogP contribution in [0.4, 0.5) is 0 Å². The number of carbonyl (C=O) groups excluding carboxylic acids is 4. The molecule has 304 valence electrons. The molecule has 4 heterocycles. The summed E-state index contributed by atoms with van der Waals surface area (Å²) in [5, 5.41) is 39.7. The van der Waals surface area contributed by atoms with Crippen LogP contribution in [0.2, 0.25) is 0 Å². The van der Waals surface area contributed by atoms with Gasteiger partial charge in [-0.25, -0.2) is 0 Å². The number of nitrogens with one attached hydrogen (secondary N) is 1. The minimum atomic E-state index is -2.07. The van der Waals surface area contributed by atoms with E-state index in [4.69, 9.17) is 18.9 Å². The van der Waals surface area contributed by atoms with Crippen LogP contribution in [0.1, 0.15) is 136 Å². The summed E-state index contributed by atoms with van der Waals surface area (Å²) in [6.45, 7) is 28.2. The second kappa shape index (κ2) is 13.4. The minimum Gasteiger partial charge on any atom is -0.417 e. The number of hydroxylamine groups is 6. The van der Waals surface area contributed by atoms with Crippen molar-refractivity contribution >= 4 is 23.9 Å². The number of rotatable bonds is 9. The van der Waals surface area contributed by atoms with E-state index in [1.165, 1.54) is 0 Å². The van der Waals surface area contributed by atoms with E-state index >= 15 is 0 Å². The zero-order chi connectivity index (χ0) is 40.9. The summed E-state index contributed by atoms with van der Waals surface area (Å²) in [4.78, 5) is 56.6. The second-order valence-electron chi connectivity index (χ2n) is 20.6. The number of hydrogen-bond acceptors (Lipinski definition) is 15. The molecule has 5 atom stereocenters. The summed E-state index contributed by atoms with van der Waals surface area (Å²) in [5.74, 6) is -6.96. The van der Waals surface area contributed by atoms with Crippen LogP contribution in [0.25, 0.3) is 0 Å². The van der Waals surface area contributed by atoms with Crippen molar-refractivity contribution in [2.75, 3.05) is 0 Å². The lowest BCUT2D eigenvalue weighted by Crippen LogP contribution is -2.52. The Kier molecular flexibility index (Phi) is 10.9. The smallest absolute Gasteiger partial charge is 0.320 e. The lowest BCUT2D eigenvalue weighted by Gasteiger charge is -2.37. The van der Waals surface area contributed by atoms with Gasteiger partial charge in [0.15, 0.2) is 0 Å². The highest BCUT2D eigenvalue weighted by Gasteiger charge is 2.60. The zero-order valence-electron chi connectivity index (χ0n) is 34.7. The molecule has 4 aliphatic heterocycles. The highest BCUT2D eigenvalue weighted by atomic mass is 16.8. The SMILES string of the molecule is CC1(C)CC(C(=O)OC(OC(=O)C2CC(C)(C)N(O)C2(C)C)C(OC(=O)C2CC(C)(C)N(O)C2(C)C)OC(=O)C2CC(C)(C)N(O)C2(C)C)C(C)(C)N1. The van der Waals surface area contributed by atoms with Gasteiger partial charge in [0.2, 0.25) is 0 Å². The summed E-state index contributed by atoms with van der Waals surface area (Å²) in [6, 6.07) is 0. The minimum absolute atomic E-state index is 0.165. The summed E-state index contributed by atoms with van der Waals surface area (Å²) in [7, 11) is 0. The van der Waals surface area contributed by atoms with Crippen molar-refractivity contribution in [3.05, 3.63) is 0 Å². The predicted octanol–water partition coefficient (Wildman–Crippen LogP) is 4.78. The number of hydrogen-bond donors (Lipinski definition) is 4. The van der Waals surface area contributed by atoms with E-state index in [2.05, 4.69) is 5.32 Å². The molecule has 15 nitrogen and oxygen atoms in total. The Bertz CT molecular complexity index is 1420. The Hall–Kier alpha value is -2.40. The van der Waals surface area contributed by atoms with Gasteiger partial charge in [0, 0.05) is 27.7 Å². The van der Waals surface area contributed by atoms with Crippen molar-refractivity contribution in [1.82, 2.24) is 20.5 Å². The van der Waals surface area contributed by atoms with Gasteiger partial charge in [-0.2, -0.15) is 15.2 Å². The maximum Gasteiger partial charge on any atom is 0.320 e. The highest BCUT2D eigenvalue weighted by Crippen LogP contribution is 2.47. The van der Waals surface area contributed by atoms with Crippen molar-refractivity contribution in [3.63, 3.8) is 0 Å². The molecule has 0 aromatic rings. The molecule has 5 unspecified atom stereocenters. The molecule has 0 amide bonds. The van der Waals surface area contributed by atoms with E-state index in [9.17, 15) is 34.8 Å². The second-order valence-corrected chi connectivity index (χ2v) is 20.6. The van der Waals surface area contributed by atoms with Crippen molar-refractivity contribution in [3.8, 4) is 0 Å². The largest absolute Gasteiger partial charge is 0.417 e. The van der Waals surface area contributed by atoms with Gasteiger partial charge in [-0.15, -0.1) is 0 Å². The molecule has 4 N–H and O–H groups in total. The van der Waals surface area contributed by atoms with Crippen molar-refractivity contribution in [2.45, 2.75) is 193 Å². The van der Waals surface area contributed by atoms with E-state index in [0.29, 0.717) is 6.42 Å². The molecular weight excluding hydrogens is 688 g/mol. The lowest BCUT2D eigenvalue weighted by atomic mass is 9.87. The third-order valence-electron chi connectivity index (χ3n) is 12.6. The van der Waals surface area contributed by atoms with E-state index in [0.717, 1.165) is 15.2 Å². The van der Waals surface area contributed by atoms with Crippen LogP contribution in [-0.4, -0.2) is 112 Å². The number of ether oxygens (including phenoxy) is 4. The van der Waals surface area contributed by atoms with Gasteiger partial charge in [0.25, 0.3) is 0 Å². The summed E-state index contributed by atoms with van der Waals surface area (Å²) < 4.78 is 23.9. The fraction of sp³-hybridized carbons (Fsp3) is 0.895. The molecule has 4 rings (SSSR count). The molecule has 4 fully saturated rings. The summed E-state index contributed by atoms with van der Waals surface area (Å²) >= 11 is 0. The number of carbonyl (C=O) groups is 4. The number of nitrogens with zero attached hydrogens (tertiary/aromatic N) is 3. The van der Waals surface area contributed by atoms with E-state index < -0.39 is 104 Å². The molecule has 0 aromatic carbocycles. The first-order valence-corrected chi connectivity index (χ1v) is 18.7. The molecule has 53 heavy (non-hydrogen) atoms. The van der Waals surface area contributed by atoms with Gasteiger partial charge in [-0.1, -0.05) is 0 Å². The molecule has 0 saturated carbocycles. The van der Waals surface area contributed by atoms with Crippen LogP contribution in [0.15, 0.2) is 0 Å². The standard InChI is InChI=1S/C38H66N4O11/c1-31(2)17-21(35(9,10)39-31)25(43)50-29(51-26(44)22-18-32(3,4)40(47)36(22,11)12)30(52-27(45)23-19-33(5,6)41(48)37(23,13)14)53-28(46)24-20-34(7,8)42(49)38(24,15)16/h21-24,29-30,39,47-49H,17-20H2,1-16H3. The topological polar surface area (TPSA) is 188 Å². The maximum absolute atomic E-state index is 14.2. The first kappa shape index (κ1) is 43.3. The van der Waals surface area contributed by atoms with Crippen LogP contribution in [0.5, 0.6) is 0 Å². The van der Waals surface area contributed by atoms with Gasteiger partial charge >= 0.3 is 36.5 Å². The first-order valence-electron chi connectivity index (χ1n) is 18.7. The molecule has 15 heteroatoms. The fourth-order valence-corrected chi connectivity index (χ4v) is 9.62. The zero-order valence-corrected chi connectivity index (χ0v) is 34.7. The third-order valence-corrected chi connectivity index (χ3v) is 12.6. The molecule has 0 aliphatic carbocycles. The van der Waals surface area contributed by atoms with Crippen LogP contribution in [-0.2, 0) is 38.1 Å². The molecule has 4 saturated heterocycles. The molecule has 0 spiro atoms. The quantitative estimate of drug-likeness (QED) is 0.186. The van der Waals surface area contributed by atoms with E-state index in [-0.39, 0.29) is 19.3 Å². The molecule has 0 bridgehead atoms. The van der Waals surface area contributed by atoms with Gasteiger partial charge in [0.05, 0.1) is 40.3 Å². The van der Waals surface area contributed by atoms with Gasteiger partial charge in [-0.05, 0) is 136 Å². The van der Waals surface area contributed by atoms with Crippen LogP contribution in [0, 0.1) is 23.7 Å². The Morgan fingerprint density at radius 1 is 0.472 bits per heavy atom. The average molecular weight is 755 g/mol. The Morgan fingerprint density at radius 2 is 0.717 bits per heavy atom. The fourth-order valence-electron chi connectivity index (χ4n) is 9.62. The Morgan fingerprint density at radius 3 is 0.906 bits per heavy atom. The monoisotopic (exact) mass is 754 g/mol. The van der Waals surface area contributed by atoms with Gasteiger partial charge < -0.3 is 39.9 Å². The Labute approximate surface area is 314 Å². The van der Waals surface area contributed by atoms with Gasteiger partial charge in [0.1, 0.15) is 0 Å². The average Bonchev–Trinajstić information content (AvgIpc) is 3.48. The Balaban J connectivity index is 1.78. The predicted molar refractivity (Wildman–Crippen MR) is 191 cm³/mol. The van der Waals surface area contributed by atoms with Crippen LogP contribution in [0.3, 0.4) is 0 Å². The molecule has 4 aliphatic rings. The third kappa shape index (κ3) is 7.86. The molecular formula is C38H66N4O11. The van der Waals surface area contributed by atoms with Crippen LogP contribution < -0.4 is 5.32 Å². The summed E-state index contributed by atoms with van der Waals surface area (Å²) in [6.07, 6.45) is -3.27. The van der Waals surface area contributed by atoms with Crippen molar-refractivity contribution in [2.24, 2.45) is 23.7 Å². The number of esters is 4. The lowest BCUT2D eigenvalue weighted by molar-refractivity contribution is -0.270. The first-order chi connectivity index (χ1) is 23.6. The van der Waals surface area contributed by atoms with E-state index in [1.807, 2.05) is 27.7 Å².